The highest BCUT2D eigenvalue weighted by atomic mass is 16.3. The molecule has 3 N–H and O–H groups in total. The zero-order chi connectivity index (χ0) is 13.2. The Bertz CT molecular complexity index is 400. The van der Waals surface area contributed by atoms with Crippen LogP contribution in [0.1, 0.15) is 24.5 Å². The van der Waals surface area contributed by atoms with E-state index >= 15 is 0 Å². The second-order valence-corrected chi connectivity index (χ2v) is 4.16. The predicted molar refractivity (Wildman–Crippen MR) is 75.0 cm³/mol. The molecule has 0 radical (unpaired) electrons. The van der Waals surface area contributed by atoms with Crippen LogP contribution in [0.15, 0.2) is 24.3 Å². The highest BCUT2D eigenvalue weighted by Crippen LogP contribution is 2.11. The first-order valence-electron chi connectivity index (χ1n) is 6.41. The van der Waals surface area contributed by atoms with Crippen LogP contribution in [0, 0.1) is 11.8 Å². The zero-order valence-corrected chi connectivity index (χ0v) is 11.0. The summed E-state index contributed by atoms with van der Waals surface area (Å²) >= 11 is 0. The fraction of sp³-hybridized carbons (Fsp3) is 0.467. The van der Waals surface area contributed by atoms with Crippen molar-refractivity contribution in [2.75, 3.05) is 26.2 Å². The second kappa shape index (κ2) is 8.71. The summed E-state index contributed by atoms with van der Waals surface area (Å²) < 4.78 is 0. The topological polar surface area (TPSA) is 49.5 Å². The molecule has 3 nitrogen and oxygen atoms in total. The van der Waals surface area contributed by atoms with E-state index in [2.05, 4.69) is 29.7 Å². The molecule has 98 valence electrons. The van der Waals surface area contributed by atoms with Crippen molar-refractivity contribution in [1.29, 1.82) is 0 Å². The van der Waals surface area contributed by atoms with E-state index in [0.717, 1.165) is 25.1 Å². The summed E-state index contributed by atoms with van der Waals surface area (Å²) in [6.07, 6.45) is 1.08. The van der Waals surface area contributed by atoms with Gasteiger partial charge in [-0.15, -0.1) is 0 Å². The number of aliphatic hydroxyl groups is 1. The van der Waals surface area contributed by atoms with E-state index in [1.165, 1.54) is 5.56 Å². The van der Waals surface area contributed by atoms with Gasteiger partial charge in [-0.3, -0.25) is 4.90 Å². The molecular weight excluding hydrogens is 224 g/mol. The third kappa shape index (κ3) is 4.89. The molecule has 0 aliphatic carbocycles. The van der Waals surface area contributed by atoms with Crippen LogP contribution >= 0.6 is 0 Å². The molecule has 0 atom stereocenters. The van der Waals surface area contributed by atoms with Gasteiger partial charge in [0.2, 0.25) is 0 Å². The molecule has 0 spiro atoms. The lowest BCUT2D eigenvalue weighted by atomic mass is 10.1. The normalized spacial score (nSPS) is 10.2. The number of aliphatic hydroxyl groups excluding tert-OH is 1. The van der Waals surface area contributed by atoms with Crippen molar-refractivity contribution in [2.45, 2.75) is 19.9 Å². The van der Waals surface area contributed by atoms with Gasteiger partial charge in [0.1, 0.15) is 0 Å². The van der Waals surface area contributed by atoms with Gasteiger partial charge in [-0.25, -0.2) is 0 Å². The van der Waals surface area contributed by atoms with Crippen LogP contribution in [0.2, 0.25) is 0 Å². The second-order valence-electron chi connectivity index (χ2n) is 4.16. The SMILES string of the molecule is CCCN(CCO)Cc1ccccc1C#CCN. The van der Waals surface area contributed by atoms with Gasteiger partial charge in [-0.1, -0.05) is 37.0 Å². The van der Waals surface area contributed by atoms with Crippen molar-refractivity contribution in [3.05, 3.63) is 35.4 Å². The maximum Gasteiger partial charge on any atom is 0.0558 e. The standard InChI is InChI=1S/C15H22N2O/c1-2-10-17(11-12-18)13-15-7-4-3-6-14(15)8-5-9-16/h3-4,6-7,18H,2,9-13,16H2,1H3. The Labute approximate surface area is 110 Å². The molecular formula is C15H22N2O. The highest BCUT2D eigenvalue weighted by Gasteiger charge is 2.06. The lowest BCUT2D eigenvalue weighted by molar-refractivity contribution is 0.190. The van der Waals surface area contributed by atoms with Crippen LogP contribution in [0.3, 0.4) is 0 Å². The van der Waals surface area contributed by atoms with Crippen molar-refractivity contribution in [3.8, 4) is 11.8 Å². The van der Waals surface area contributed by atoms with Crippen LogP contribution in [0.25, 0.3) is 0 Å². The van der Waals surface area contributed by atoms with Crippen LogP contribution in [-0.4, -0.2) is 36.2 Å². The maximum absolute atomic E-state index is 9.07. The summed E-state index contributed by atoms with van der Waals surface area (Å²) in [5, 5.41) is 9.07. The Morgan fingerprint density at radius 2 is 2.06 bits per heavy atom. The van der Waals surface area contributed by atoms with Gasteiger partial charge in [0.15, 0.2) is 0 Å². The number of rotatable bonds is 6. The summed E-state index contributed by atoms with van der Waals surface area (Å²) in [6.45, 7) is 5.22. The quantitative estimate of drug-likeness (QED) is 0.742. The lowest BCUT2D eigenvalue weighted by Gasteiger charge is -2.21. The van der Waals surface area contributed by atoms with Crippen LogP contribution in [0.4, 0.5) is 0 Å². The molecule has 0 aliphatic heterocycles. The molecule has 0 bridgehead atoms. The molecule has 0 fully saturated rings. The van der Waals surface area contributed by atoms with Crippen LogP contribution in [-0.2, 0) is 6.54 Å². The van der Waals surface area contributed by atoms with Crippen molar-refractivity contribution in [3.63, 3.8) is 0 Å². The number of nitrogens with two attached hydrogens (primary N) is 1. The van der Waals surface area contributed by atoms with E-state index in [4.69, 9.17) is 10.8 Å². The average molecular weight is 246 g/mol. The average Bonchev–Trinajstić information content (AvgIpc) is 2.38. The Morgan fingerprint density at radius 3 is 2.72 bits per heavy atom. The van der Waals surface area contributed by atoms with Crippen molar-refractivity contribution >= 4 is 0 Å². The van der Waals surface area contributed by atoms with Gasteiger partial charge in [0, 0.05) is 18.7 Å². The number of nitrogens with zero attached hydrogens (tertiary/aromatic N) is 1. The van der Waals surface area contributed by atoms with Crippen molar-refractivity contribution in [2.24, 2.45) is 5.73 Å². The predicted octanol–water partition coefficient (Wildman–Crippen LogP) is 1.20. The molecule has 0 unspecified atom stereocenters. The molecule has 1 aromatic carbocycles. The maximum atomic E-state index is 9.07. The summed E-state index contributed by atoms with van der Waals surface area (Å²) in [5.74, 6) is 5.99. The molecule has 1 aromatic rings. The Morgan fingerprint density at radius 1 is 1.28 bits per heavy atom. The van der Waals surface area contributed by atoms with Crippen molar-refractivity contribution in [1.82, 2.24) is 4.90 Å². The first-order valence-corrected chi connectivity index (χ1v) is 6.41. The first kappa shape index (κ1) is 14.7. The molecule has 0 aromatic heterocycles. The molecule has 0 aliphatic rings. The third-order valence-corrected chi connectivity index (χ3v) is 2.69. The minimum atomic E-state index is 0.191. The summed E-state index contributed by atoms with van der Waals surface area (Å²) in [7, 11) is 0. The molecule has 0 heterocycles. The van der Waals surface area contributed by atoms with Crippen molar-refractivity contribution < 1.29 is 5.11 Å². The first-order chi connectivity index (χ1) is 8.81. The largest absolute Gasteiger partial charge is 0.395 e. The van der Waals surface area contributed by atoms with E-state index < -0.39 is 0 Å². The Hall–Kier alpha value is -1.34. The molecule has 0 saturated carbocycles. The molecule has 0 amide bonds. The minimum Gasteiger partial charge on any atom is -0.395 e. The van der Waals surface area contributed by atoms with Crippen LogP contribution in [0.5, 0.6) is 0 Å². The summed E-state index contributed by atoms with van der Waals surface area (Å²) in [6, 6.07) is 8.11. The van der Waals surface area contributed by atoms with E-state index in [9.17, 15) is 0 Å². The molecule has 3 heteroatoms. The van der Waals surface area contributed by atoms with Gasteiger partial charge < -0.3 is 10.8 Å². The lowest BCUT2D eigenvalue weighted by Crippen LogP contribution is -2.27. The van der Waals surface area contributed by atoms with E-state index in [0.29, 0.717) is 13.1 Å². The summed E-state index contributed by atoms with van der Waals surface area (Å²) in [5.41, 5.74) is 7.63. The fourth-order valence-corrected chi connectivity index (χ4v) is 1.89. The van der Waals surface area contributed by atoms with Gasteiger partial charge in [-0.05, 0) is 24.6 Å². The molecule has 18 heavy (non-hydrogen) atoms. The third-order valence-electron chi connectivity index (χ3n) is 2.69. The smallest absolute Gasteiger partial charge is 0.0558 e. The number of hydrogen-bond donors (Lipinski definition) is 2. The van der Waals surface area contributed by atoms with Gasteiger partial charge in [0.05, 0.1) is 13.2 Å². The zero-order valence-electron chi connectivity index (χ0n) is 11.0. The van der Waals surface area contributed by atoms with Gasteiger partial charge in [-0.2, -0.15) is 0 Å². The highest BCUT2D eigenvalue weighted by molar-refractivity contribution is 5.41. The summed E-state index contributed by atoms with van der Waals surface area (Å²) in [4.78, 5) is 2.24. The van der Waals surface area contributed by atoms with E-state index in [-0.39, 0.29) is 6.61 Å². The number of hydrogen-bond acceptors (Lipinski definition) is 3. The minimum absolute atomic E-state index is 0.191. The monoisotopic (exact) mass is 246 g/mol. The Kier molecular flexibility index (Phi) is 7.12. The van der Waals surface area contributed by atoms with Gasteiger partial charge >= 0.3 is 0 Å². The number of benzene rings is 1. The van der Waals surface area contributed by atoms with E-state index in [1.807, 2.05) is 18.2 Å². The molecule has 0 saturated heterocycles. The van der Waals surface area contributed by atoms with Crippen LogP contribution < -0.4 is 5.73 Å². The Balaban J connectivity index is 2.80. The molecule has 1 rings (SSSR count). The fourth-order valence-electron chi connectivity index (χ4n) is 1.89. The van der Waals surface area contributed by atoms with Gasteiger partial charge in [0.25, 0.3) is 0 Å². The van der Waals surface area contributed by atoms with E-state index in [1.54, 1.807) is 0 Å².